The van der Waals surface area contributed by atoms with E-state index >= 15 is 0 Å². The number of hydrogen-bond acceptors (Lipinski definition) is 3. The molecule has 1 aromatic carbocycles. The van der Waals surface area contributed by atoms with E-state index in [0.717, 1.165) is 17.4 Å². The molecule has 3 heteroatoms. The van der Waals surface area contributed by atoms with Gasteiger partial charge in [0.25, 0.3) is 0 Å². The lowest BCUT2D eigenvalue weighted by atomic mass is 10.1. The highest BCUT2D eigenvalue weighted by atomic mass is 32.2. The number of anilines is 1. The van der Waals surface area contributed by atoms with Gasteiger partial charge in [-0.15, -0.1) is 11.8 Å². The van der Waals surface area contributed by atoms with Crippen LogP contribution in [0.25, 0.3) is 0 Å². The van der Waals surface area contributed by atoms with Crippen molar-refractivity contribution in [1.29, 1.82) is 0 Å². The first-order valence-corrected chi connectivity index (χ1v) is 7.82. The lowest BCUT2D eigenvalue weighted by molar-refractivity contribution is 0.242. The van der Waals surface area contributed by atoms with Crippen molar-refractivity contribution in [3.05, 3.63) is 18.2 Å². The first-order valence-electron chi connectivity index (χ1n) is 6.83. The molecule has 0 spiro atoms. The summed E-state index contributed by atoms with van der Waals surface area (Å²) in [5.74, 6) is 3.00. The second-order valence-corrected chi connectivity index (χ2v) is 6.46. The lowest BCUT2D eigenvalue weighted by Gasteiger charge is -2.13. The zero-order chi connectivity index (χ0) is 13.0. The molecule has 1 aliphatic rings. The maximum Gasteiger partial charge on any atom is 0.122 e. The molecular formula is C15H23NOS. The third-order valence-corrected chi connectivity index (χ3v) is 4.44. The number of nitrogen functional groups attached to an aromatic ring is 1. The molecule has 0 aliphatic heterocycles. The summed E-state index contributed by atoms with van der Waals surface area (Å²) < 4.78 is 5.71. The van der Waals surface area contributed by atoms with Crippen LogP contribution in [-0.2, 0) is 0 Å². The van der Waals surface area contributed by atoms with E-state index in [2.05, 4.69) is 6.07 Å². The molecule has 0 bridgehead atoms. The molecule has 1 fully saturated rings. The van der Waals surface area contributed by atoms with Crippen molar-refractivity contribution in [2.24, 2.45) is 5.92 Å². The minimum Gasteiger partial charge on any atom is -0.491 e. The van der Waals surface area contributed by atoms with Crippen LogP contribution >= 0.6 is 11.8 Å². The molecule has 0 radical (unpaired) electrons. The minimum atomic E-state index is 0.194. The molecule has 2 nitrogen and oxygen atoms in total. The highest BCUT2D eigenvalue weighted by Gasteiger charge is 2.15. The van der Waals surface area contributed by atoms with Gasteiger partial charge < -0.3 is 10.5 Å². The Hall–Kier alpha value is -0.830. The van der Waals surface area contributed by atoms with Crippen LogP contribution < -0.4 is 10.5 Å². The summed E-state index contributed by atoms with van der Waals surface area (Å²) in [7, 11) is 0. The van der Waals surface area contributed by atoms with Gasteiger partial charge in [-0.2, -0.15) is 0 Å². The van der Waals surface area contributed by atoms with Crippen molar-refractivity contribution in [1.82, 2.24) is 0 Å². The summed E-state index contributed by atoms with van der Waals surface area (Å²) in [6.07, 6.45) is 5.79. The molecule has 1 saturated carbocycles. The molecule has 2 rings (SSSR count). The Morgan fingerprint density at radius 1 is 1.28 bits per heavy atom. The fourth-order valence-corrected chi connectivity index (χ4v) is 3.59. The van der Waals surface area contributed by atoms with Crippen LogP contribution in [-0.4, -0.2) is 11.9 Å². The average molecular weight is 265 g/mol. The summed E-state index contributed by atoms with van der Waals surface area (Å²) >= 11 is 1.91. The fraction of sp³-hybridized carbons (Fsp3) is 0.600. The largest absolute Gasteiger partial charge is 0.491 e. The zero-order valence-corrected chi connectivity index (χ0v) is 12.1. The molecule has 0 heterocycles. The van der Waals surface area contributed by atoms with E-state index in [4.69, 9.17) is 10.5 Å². The standard InChI is InChI=1S/C15H23NOS/c1-11(2)17-14-7-13(16)8-15(9-14)18-10-12-5-3-4-6-12/h7-9,11-12H,3-6,10,16H2,1-2H3. The Labute approximate surface area is 114 Å². The summed E-state index contributed by atoms with van der Waals surface area (Å²) in [5, 5.41) is 0. The molecule has 0 atom stereocenters. The maximum absolute atomic E-state index is 5.93. The maximum atomic E-state index is 5.93. The van der Waals surface area contributed by atoms with Gasteiger partial charge in [-0.1, -0.05) is 12.8 Å². The van der Waals surface area contributed by atoms with Crippen LogP contribution in [0.15, 0.2) is 23.1 Å². The van der Waals surface area contributed by atoms with E-state index < -0.39 is 0 Å². The highest BCUT2D eigenvalue weighted by molar-refractivity contribution is 7.99. The summed E-state index contributed by atoms with van der Waals surface area (Å²) in [5.41, 5.74) is 6.72. The van der Waals surface area contributed by atoms with Crippen molar-refractivity contribution in [3.63, 3.8) is 0 Å². The number of nitrogens with two attached hydrogens (primary N) is 1. The van der Waals surface area contributed by atoms with E-state index in [9.17, 15) is 0 Å². The van der Waals surface area contributed by atoms with Gasteiger partial charge in [-0.3, -0.25) is 0 Å². The average Bonchev–Trinajstić information content (AvgIpc) is 2.77. The Bertz CT molecular complexity index is 386. The van der Waals surface area contributed by atoms with Crippen molar-refractivity contribution >= 4 is 17.4 Å². The topological polar surface area (TPSA) is 35.2 Å². The van der Waals surface area contributed by atoms with Gasteiger partial charge in [0.05, 0.1) is 6.10 Å². The SMILES string of the molecule is CC(C)Oc1cc(N)cc(SCC2CCCC2)c1. The van der Waals surface area contributed by atoms with Gasteiger partial charge >= 0.3 is 0 Å². The van der Waals surface area contributed by atoms with Crippen LogP contribution in [0.3, 0.4) is 0 Å². The molecule has 0 saturated heterocycles. The Kier molecular flexibility index (Phi) is 4.81. The molecule has 0 aromatic heterocycles. The van der Waals surface area contributed by atoms with Crippen molar-refractivity contribution < 1.29 is 4.74 Å². The van der Waals surface area contributed by atoms with Crippen LogP contribution in [0.1, 0.15) is 39.5 Å². The molecule has 18 heavy (non-hydrogen) atoms. The van der Waals surface area contributed by atoms with Gasteiger partial charge in [0.15, 0.2) is 0 Å². The molecule has 0 unspecified atom stereocenters. The molecule has 2 N–H and O–H groups in total. The van der Waals surface area contributed by atoms with Gasteiger partial charge in [-0.05, 0) is 44.7 Å². The predicted octanol–water partition coefficient (Wildman–Crippen LogP) is 4.34. The molecule has 1 aliphatic carbocycles. The van der Waals surface area contributed by atoms with E-state index in [1.165, 1.54) is 36.3 Å². The van der Waals surface area contributed by atoms with Crippen LogP contribution in [0.5, 0.6) is 5.75 Å². The van der Waals surface area contributed by atoms with E-state index in [-0.39, 0.29) is 6.10 Å². The summed E-state index contributed by atoms with van der Waals surface area (Å²) in [4.78, 5) is 1.23. The van der Waals surface area contributed by atoms with Crippen LogP contribution in [0.2, 0.25) is 0 Å². The van der Waals surface area contributed by atoms with Crippen molar-refractivity contribution in [3.8, 4) is 5.75 Å². The Morgan fingerprint density at radius 3 is 2.67 bits per heavy atom. The van der Waals surface area contributed by atoms with Crippen LogP contribution in [0.4, 0.5) is 5.69 Å². The first-order chi connectivity index (χ1) is 8.63. The molecule has 100 valence electrons. The normalized spacial score (nSPS) is 16.4. The zero-order valence-electron chi connectivity index (χ0n) is 11.3. The highest BCUT2D eigenvalue weighted by Crippen LogP contribution is 2.33. The van der Waals surface area contributed by atoms with Gasteiger partial charge in [0, 0.05) is 22.4 Å². The monoisotopic (exact) mass is 265 g/mol. The molecule has 1 aromatic rings. The van der Waals surface area contributed by atoms with Crippen molar-refractivity contribution in [2.75, 3.05) is 11.5 Å². The number of hydrogen-bond donors (Lipinski definition) is 1. The fourth-order valence-electron chi connectivity index (χ4n) is 2.41. The minimum absolute atomic E-state index is 0.194. The van der Waals surface area contributed by atoms with Crippen LogP contribution in [0, 0.1) is 5.92 Å². The smallest absolute Gasteiger partial charge is 0.122 e. The van der Waals surface area contributed by atoms with E-state index in [1.54, 1.807) is 0 Å². The Balaban J connectivity index is 1.96. The quantitative estimate of drug-likeness (QED) is 0.635. The number of thioether (sulfide) groups is 1. The second-order valence-electron chi connectivity index (χ2n) is 5.37. The van der Waals surface area contributed by atoms with E-state index in [1.807, 2.05) is 37.7 Å². The molecular weight excluding hydrogens is 242 g/mol. The van der Waals surface area contributed by atoms with Gasteiger partial charge in [0.1, 0.15) is 5.75 Å². The third-order valence-electron chi connectivity index (χ3n) is 3.23. The number of rotatable bonds is 5. The summed E-state index contributed by atoms with van der Waals surface area (Å²) in [6, 6.07) is 6.06. The Morgan fingerprint density at radius 2 is 2.00 bits per heavy atom. The molecule has 0 amide bonds. The second kappa shape index (κ2) is 6.37. The van der Waals surface area contributed by atoms with Gasteiger partial charge in [-0.25, -0.2) is 0 Å². The van der Waals surface area contributed by atoms with Gasteiger partial charge in [0.2, 0.25) is 0 Å². The number of ether oxygens (including phenoxy) is 1. The lowest BCUT2D eigenvalue weighted by Crippen LogP contribution is -2.06. The summed E-state index contributed by atoms with van der Waals surface area (Å²) in [6.45, 7) is 4.07. The number of benzene rings is 1. The van der Waals surface area contributed by atoms with E-state index in [0.29, 0.717) is 0 Å². The predicted molar refractivity (Wildman–Crippen MR) is 79.3 cm³/mol. The van der Waals surface area contributed by atoms with Crippen molar-refractivity contribution in [2.45, 2.75) is 50.5 Å². The first kappa shape index (κ1) is 13.6. The third kappa shape index (κ3) is 4.13.